The maximum absolute atomic E-state index is 13.5. The molecule has 5 nitrogen and oxygen atoms in total. The molecule has 0 bridgehead atoms. The first-order chi connectivity index (χ1) is 14.7. The lowest BCUT2D eigenvalue weighted by Crippen LogP contribution is -2.37. The van der Waals surface area contributed by atoms with Crippen LogP contribution < -0.4 is 10.9 Å². The van der Waals surface area contributed by atoms with Crippen LogP contribution in [0, 0.1) is 11.2 Å². The van der Waals surface area contributed by atoms with Crippen molar-refractivity contribution in [3.8, 4) is 5.69 Å². The van der Waals surface area contributed by atoms with Crippen molar-refractivity contribution in [3.05, 3.63) is 92.6 Å². The van der Waals surface area contributed by atoms with Gasteiger partial charge in [0.05, 0.1) is 5.02 Å². The fraction of sp³-hybridized carbons (Fsp3) is 0.208. The zero-order chi connectivity index (χ0) is 22.3. The van der Waals surface area contributed by atoms with Crippen LogP contribution in [0.5, 0.6) is 0 Å². The van der Waals surface area contributed by atoms with E-state index in [0.717, 1.165) is 6.07 Å². The average molecular weight is 439 g/mol. The van der Waals surface area contributed by atoms with Crippen LogP contribution in [0.2, 0.25) is 5.02 Å². The molecule has 1 aromatic heterocycles. The molecule has 0 unspecified atom stereocenters. The normalized spacial score (nSPS) is 14.8. The Balaban J connectivity index is 1.89. The number of hydrogen-bond acceptors (Lipinski definition) is 3. The first-order valence-electron chi connectivity index (χ1n) is 9.80. The lowest BCUT2D eigenvalue weighted by molar-refractivity contribution is 0.0910. The summed E-state index contributed by atoms with van der Waals surface area (Å²) in [7, 11) is 0. The molecular weight excluding hydrogens is 419 g/mol. The van der Waals surface area contributed by atoms with Gasteiger partial charge in [0, 0.05) is 29.6 Å². The van der Waals surface area contributed by atoms with Crippen molar-refractivity contribution in [1.29, 1.82) is 0 Å². The molecule has 0 atom stereocenters. The maximum atomic E-state index is 13.5. The Bertz CT molecular complexity index is 1270. The number of hydrogen-bond donors (Lipinski definition) is 1. The number of benzene rings is 2. The number of para-hydroxylation sites is 1. The van der Waals surface area contributed by atoms with Crippen molar-refractivity contribution in [2.24, 2.45) is 5.41 Å². The van der Waals surface area contributed by atoms with Crippen LogP contribution in [-0.2, 0) is 6.42 Å². The molecule has 158 valence electrons. The highest BCUT2D eigenvalue weighted by Crippen LogP contribution is 2.36. The molecule has 2 aromatic carbocycles. The SMILES string of the molecule is CC1(C)CC(=O)c2cn(-c3ccccc3)c(=O)c(C(=O)Nc3ccc(F)c(Cl)c3)c2C1. The van der Waals surface area contributed by atoms with Crippen molar-refractivity contribution in [2.45, 2.75) is 26.7 Å². The maximum Gasteiger partial charge on any atom is 0.268 e. The molecular formula is C24H20ClFN2O3. The van der Waals surface area contributed by atoms with Gasteiger partial charge in [0.1, 0.15) is 11.4 Å². The number of rotatable bonds is 3. The second-order valence-corrected chi connectivity index (χ2v) is 8.84. The highest BCUT2D eigenvalue weighted by molar-refractivity contribution is 6.31. The van der Waals surface area contributed by atoms with Gasteiger partial charge in [-0.2, -0.15) is 0 Å². The molecule has 0 fully saturated rings. The Morgan fingerprint density at radius 1 is 1.10 bits per heavy atom. The zero-order valence-corrected chi connectivity index (χ0v) is 17.8. The van der Waals surface area contributed by atoms with E-state index in [1.807, 2.05) is 19.9 Å². The molecule has 7 heteroatoms. The number of nitrogens with one attached hydrogen (secondary N) is 1. The van der Waals surface area contributed by atoms with Crippen LogP contribution >= 0.6 is 11.6 Å². The summed E-state index contributed by atoms with van der Waals surface area (Å²) in [6.07, 6.45) is 2.25. The number of amides is 1. The van der Waals surface area contributed by atoms with Crippen molar-refractivity contribution < 1.29 is 14.0 Å². The fourth-order valence-corrected chi connectivity index (χ4v) is 4.11. The van der Waals surface area contributed by atoms with Gasteiger partial charge < -0.3 is 5.32 Å². The number of Topliss-reactive ketones (excluding diaryl/α,β-unsaturated/α-hetero) is 1. The highest BCUT2D eigenvalue weighted by Gasteiger charge is 2.36. The zero-order valence-electron chi connectivity index (χ0n) is 17.0. The number of carbonyl (C=O) groups excluding carboxylic acids is 2. The molecule has 0 spiro atoms. The van der Waals surface area contributed by atoms with Gasteiger partial charge in [0.15, 0.2) is 5.78 Å². The van der Waals surface area contributed by atoms with Gasteiger partial charge in [-0.15, -0.1) is 0 Å². The van der Waals surface area contributed by atoms with E-state index in [1.165, 1.54) is 22.9 Å². The topological polar surface area (TPSA) is 68.2 Å². The summed E-state index contributed by atoms with van der Waals surface area (Å²) in [4.78, 5) is 39.6. The molecule has 0 saturated carbocycles. The van der Waals surface area contributed by atoms with E-state index < -0.39 is 17.3 Å². The minimum atomic E-state index is -0.667. The molecule has 1 amide bonds. The lowest BCUT2D eigenvalue weighted by atomic mass is 9.73. The minimum absolute atomic E-state index is 0.0945. The number of anilines is 1. The minimum Gasteiger partial charge on any atom is -0.322 e. The number of nitrogens with zero attached hydrogens (tertiary/aromatic N) is 1. The predicted octanol–water partition coefficient (Wildman–Crippen LogP) is 5.04. The van der Waals surface area contributed by atoms with E-state index in [1.54, 1.807) is 24.3 Å². The third kappa shape index (κ3) is 4.03. The van der Waals surface area contributed by atoms with Crippen molar-refractivity contribution in [3.63, 3.8) is 0 Å². The van der Waals surface area contributed by atoms with E-state index in [2.05, 4.69) is 5.32 Å². The van der Waals surface area contributed by atoms with Gasteiger partial charge in [-0.05, 0) is 47.7 Å². The summed E-state index contributed by atoms with van der Waals surface area (Å²) in [5, 5.41) is 2.48. The number of carbonyl (C=O) groups is 2. The van der Waals surface area contributed by atoms with Gasteiger partial charge in [0.25, 0.3) is 11.5 Å². The van der Waals surface area contributed by atoms with Gasteiger partial charge in [0.2, 0.25) is 0 Å². The van der Waals surface area contributed by atoms with E-state index in [9.17, 15) is 18.8 Å². The van der Waals surface area contributed by atoms with Crippen molar-refractivity contribution in [2.75, 3.05) is 5.32 Å². The molecule has 1 heterocycles. The molecule has 4 rings (SSSR count). The largest absolute Gasteiger partial charge is 0.322 e. The summed E-state index contributed by atoms with van der Waals surface area (Å²) in [5.74, 6) is -1.40. The Morgan fingerprint density at radius 3 is 2.48 bits per heavy atom. The monoisotopic (exact) mass is 438 g/mol. The van der Waals surface area contributed by atoms with E-state index in [0.29, 0.717) is 29.7 Å². The Kier molecular flexibility index (Phi) is 5.27. The molecule has 0 aliphatic heterocycles. The highest BCUT2D eigenvalue weighted by atomic mass is 35.5. The molecule has 1 aliphatic carbocycles. The van der Waals surface area contributed by atoms with Crippen molar-refractivity contribution in [1.82, 2.24) is 4.57 Å². The van der Waals surface area contributed by atoms with Gasteiger partial charge in [-0.3, -0.25) is 19.0 Å². The third-order valence-electron chi connectivity index (χ3n) is 5.35. The number of aromatic nitrogens is 1. The smallest absolute Gasteiger partial charge is 0.268 e. The van der Waals surface area contributed by atoms with E-state index in [-0.39, 0.29) is 27.5 Å². The van der Waals surface area contributed by atoms with Crippen LogP contribution in [-0.4, -0.2) is 16.3 Å². The van der Waals surface area contributed by atoms with E-state index in [4.69, 9.17) is 11.6 Å². The summed E-state index contributed by atoms with van der Waals surface area (Å²) in [6, 6.07) is 12.6. The standard InChI is InChI=1S/C24H20ClFN2O3/c1-24(2)11-16-17(20(29)12-24)13-28(15-6-4-3-5-7-15)23(31)21(16)22(30)27-14-8-9-19(26)18(25)10-14/h3-10,13H,11-12H2,1-2H3,(H,27,30). The molecule has 1 aliphatic rings. The molecule has 31 heavy (non-hydrogen) atoms. The Labute approximate surface area is 183 Å². The second kappa shape index (κ2) is 7.78. The first-order valence-corrected chi connectivity index (χ1v) is 10.2. The summed E-state index contributed by atoms with van der Waals surface area (Å²) in [5.41, 5.74) is 0.593. The van der Waals surface area contributed by atoms with Gasteiger partial charge in [-0.25, -0.2) is 4.39 Å². The predicted molar refractivity (Wildman–Crippen MR) is 118 cm³/mol. The third-order valence-corrected chi connectivity index (χ3v) is 5.64. The van der Waals surface area contributed by atoms with Crippen molar-refractivity contribution >= 4 is 29.0 Å². The summed E-state index contributed by atoms with van der Waals surface area (Å²) in [6.45, 7) is 3.86. The first kappa shape index (κ1) is 21.0. The number of pyridine rings is 1. The molecule has 0 radical (unpaired) electrons. The average Bonchev–Trinajstić information content (AvgIpc) is 2.70. The summed E-state index contributed by atoms with van der Waals surface area (Å²) < 4.78 is 14.8. The van der Waals surface area contributed by atoms with Crippen LogP contribution in [0.1, 0.15) is 46.5 Å². The molecule has 0 saturated heterocycles. The van der Waals surface area contributed by atoms with Crippen LogP contribution in [0.4, 0.5) is 10.1 Å². The number of halogens is 2. The number of ketones is 1. The Hall–Kier alpha value is -3.25. The Morgan fingerprint density at radius 2 is 1.81 bits per heavy atom. The van der Waals surface area contributed by atoms with Crippen LogP contribution in [0.3, 0.4) is 0 Å². The second-order valence-electron chi connectivity index (χ2n) is 8.43. The lowest BCUT2D eigenvalue weighted by Gasteiger charge is -2.31. The van der Waals surface area contributed by atoms with Gasteiger partial charge in [-0.1, -0.05) is 43.6 Å². The summed E-state index contributed by atoms with van der Waals surface area (Å²) >= 11 is 5.81. The van der Waals surface area contributed by atoms with Crippen LogP contribution in [0.15, 0.2) is 59.5 Å². The fourth-order valence-electron chi connectivity index (χ4n) is 3.93. The van der Waals surface area contributed by atoms with Gasteiger partial charge >= 0.3 is 0 Å². The van der Waals surface area contributed by atoms with E-state index >= 15 is 0 Å². The molecule has 1 N–H and O–H groups in total. The number of fused-ring (bicyclic) bond motifs is 1. The van der Waals surface area contributed by atoms with Crippen LogP contribution in [0.25, 0.3) is 5.69 Å². The molecule has 3 aromatic rings. The quantitative estimate of drug-likeness (QED) is 0.623.